The van der Waals surface area contributed by atoms with E-state index in [4.69, 9.17) is 5.73 Å². The fourth-order valence-electron chi connectivity index (χ4n) is 4.14. The van der Waals surface area contributed by atoms with E-state index in [1.807, 2.05) is 30.5 Å². The second kappa shape index (κ2) is 8.53. The maximum atomic E-state index is 11.3. The van der Waals surface area contributed by atoms with Crippen LogP contribution in [-0.2, 0) is 6.42 Å². The molecular formula is C24H27N3O2. The lowest BCUT2D eigenvalue weighted by molar-refractivity contribution is 0.100. The Bertz CT molecular complexity index is 1040. The minimum atomic E-state index is -0.400. The number of carbonyl (C=O) groups excluding carboxylic acids is 1. The van der Waals surface area contributed by atoms with Crippen LogP contribution in [0.2, 0.25) is 0 Å². The van der Waals surface area contributed by atoms with Crippen LogP contribution in [0.3, 0.4) is 0 Å². The molecule has 4 N–H and O–H groups in total. The van der Waals surface area contributed by atoms with Gasteiger partial charge in [-0.25, -0.2) is 0 Å². The molecule has 4 rings (SSSR count). The number of H-pyrrole nitrogens is 1. The summed E-state index contributed by atoms with van der Waals surface area (Å²) in [6, 6.07) is 13.2. The highest BCUT2D eigenvalue weighted by Gasteiger charge is 2.17. The van der Waals surface area contributed by atoms with Gasteiger partial charge in [-0.2, -0.15) is 0 Å². The number of amides is 1. The number of aromatic amines is 1. The lowest BCUT2D eigenvalue weighted by Gasteiger charge is -2.29. The maximum Gasteiger partial charge on any atom is 0.248 e. The Labute approximate surface area is 170 Å². The lowest BCUT2D eigenvalue weighted by Crippen LogP contribution is -2.32. The van der Waals surface area contributed by atoms with Gasteiger partial charge < -0.3 is 15.8 Å². The van der Waals surface area contributed by atoms with Crippen molar-refractivity contribution in [3.05, 3.63) is 77.5 Å². The van der Waals surface area contributed by atoms with Gasteiger partial charge in [0.15, 0.2) is 0 Å². The van der Waals surface area contributed by atoms with E-state index in [2.05, 4.69) is 28.1 Å². The quantitative estimate of drug-likeness (QED) is 0.423. The number of phenols is 1. The summed E-state index contributed by atoms with van der Waals surface area (Å²) >= 11 is 0. The second-order valence-electron chi connectivity index (χ2n) is 7.78. The van der Waals surface area contributed by atoms with Crippen molar-refractivity contribution in [1.29, 1.82) is 0 Å². The number of nitrogens with one attached hydrogen (secondary N) is 1. The van der Waals surface area contributed by atoms with Crippen LogP contribution in [0, 0.1) is 0 Å². The Morgan fingerprint density at radius 2 is 2.10 bits per heavy atom. The van der Waals surface area contributed by atoms with Crippen molar-refractivity contribution >= 4 is 16.8 Å². The minimum absolute atomic E-state index is 0.328. The summed E-state index contributed by atoms with van der Waals surface area (Å²) in [5.41, 5.74) is 9.31. The Morgan fingerprint density at radius 3 is 2.93 bits per heavy atom. The summed E-state index contributed by atoms with van der Waals surface area (Å²) in [6.07, 6.45) is 9.77. The molecule has 5 nitrogen and oxygen atoms in total. The molecule has 2 heterocycles. The lowest BCUT2D eigenvalue weighted by atomic mass is 9.95. The van der Waals surface area contributed by atoms with Crippen molar-refractivity contribution in [3.8, 4) is 5.75 Å². The van der Waals surface area contributed by atoms with Gasteiger partial charge in [0.2, 0.25) is 5.91 Å². The molecule has 0 radical (unpaired) electrons. The summed E-state index contributed by atoms with van der Waals surface area (Å²) in [5.74, 6) is 0.265. The number of unbranched alkanes of at least 4 members (excludes halogenated alkanes) is 1. The van der Waals surface area contributed by atoms with Crippen LogP contribution < -0.4 is 5.73 Å². The van der Waals surface area contributed by atoms with Gasteiger partial charge in [-0.15, -0.1) is 0 Å². The van der Waals surface area contributed by atoms with Crippen LogP contribution in [-0.4, -0.2) is 40.5 Å². The number of aryl methyl sites for hydroxylation is 1. The predicted octanol–water partition coefficient (Wildman–Crippen LogP) is 3.95. The molecule has 5 heteroatoms. The van der Waals surface area contributed by atoms with Gasteiger partial charge >= 0.3 is 0 Å². The predicted molar refractivity (Wildman–Crippen MR) is 116 cm³/mol. The maximum absolute atomic E-state index is 11.3. The number of carbonyl (C=O) groups is 1. The van der Waals surface area contributed by atoms with E-state index in [1.54, 1.807) is 12.1 Å². The van der Waals surface area contributed by atoms with Crippen molar-refractivity contribution in [2.24, 2.45) is 5.73 Å². The first-order valence-electron chi connectivity index (χ1n) is 10.2. The van der Waals surface area contributed by atoms with Gasteiger partial charge in [0.25, 0.3) is 0 Å². The SMILES string of the molecule is NC(=O)c1ccc2c(CCCCN3CC=CC(c4cccc(O)c4)C3)c[nH]c2c1. The van der Waals surface area contributed by atoms with E-state index in [0.717, 1.165) is 44.4 Å². The molecule has 0 saturated carbocycles. The molecule has 0 saturated heterocycles. The van der Waals surface area contributed by atoms with Gasteiger partial charge in [0.05, 0.1) is 0 Å². The Morgan fingerprint density at radius 1 is 1.21 bits per heavy atom. The Balaban J connectivity index is 1.29. The zero-order valence-corrected chi connectivity index (χ0v) is 16.5. The number of hydrogen-bond donors (Lipinski definition) is 3. The first-order valence-corrected chi connectivity index (χ1v) is 10.2. The molecule has 1 atom stereocenters. The summed E-state index contributed by atoms with van der Waals surface area (Å²) in [4.78, 5) is 17.1. The van der Waals surface area contributed by atoms with Crippen molar-refractivity contribution in [2.45, 2.75) is 25.2 Å². The number of phenolic OH excluding ortho intramolecular Hbond substituents is 1. The third-order valence-electron chi connectivity index (χ3n) is 5.71. The van der Waals surface area contributed by atoms with Crippen molar-refractivity contribution < 1.29 is 9.90 Å². The van der Waals surface area contributed by atoms with E-state index < -0.39 is 5.91 Å². The molecule has 3 aromatic rings. The average molecular weight is 389 g/mol. The van der Waals surface area contributed by atoms with Gasteiger partial charge in [0.1, 0.15) is 5.75 Å². The van der Waals surface area contributed by atoms with E-state index in [-0.39, 0.29) is 0 Å². The molecule has 1 unspecified atom stereocenters. The number of nitrogens with two attached hydrogens (primary N) is 1. The second-order valence-corrected chi connectivity index (χ2v) is 7.78. The van der Waals surface area contributed by atoms with Crippen LogP contribution >= 0.6 is 0 Å². The standard InChI is InChI=1S/C24H27N3O2/c25-24(29)18-9-10-22-19(15-26-23(22)14-18)5-1-2-11-27-12-4-7-20(16-27)17-6-3-8-21(28)13-17/h3-4,6-10,13-15,20,26,28H,1-2,5,11-12,16H2,(H2,25,29). The van der Waals surface area contributed by atoms with Crippen molar-refractivity contribution in [2.75, 3.05) is 19.6 Å². The summed E-state index contributed by atoms with van der Waals surface area (Å²) in [6.45, 7) is 3.04. The van der Waals surface area contributed by atoms with Crippen molar-refractivity contribution in [1.82, 2.24) is 9.88 Å². The average Bonchev–Trinajstić information content (AvgIpc) is 3.14. The van der Waals surface area contributed by atoms with Crippen LogP contribution in [0.4, 0.5) is 0 Å². The zero-order valence-electron chi connectivity index (χ0n) is 16.5. The number of fused-ring (bicyclic) bond motifs is 1. The van der Waals surface area contributed by atoms with Gasteiger partial charge in [0, 0.05) is 41.7 Å². The highest BCUT2D eigenvalue weighted by molar-refractivity contribution is 5.97. The normalized spacial score (nSPS) is 17.0. The molecule has 0 fully saturated rings. The van der Waals surface area contributed by atoms with Crippen LogP contribution in [0.15, 0.2) is 60.8 Å². The summed E-state index contributed by atoms with van der Waals surface area (Å²) < 4.78 is 0. The van der Waals surface area contributed by atoms with Gasteiger partial charge in [-0.05, 0) is 61.2 Å². The molecule has 0 spiro atoms. The number of hydrogen-bond acceptors (Lipinski definition) is 3. The Kier molecular flexibility index (Phi) is 5.67. The molecular weight excluding hydrogens is 362 g/mol. The first kappa shape index (κ1) is 19.3. The molecule has 2 aromatic carbocycles. The molecule has 1 amide bonds. The van der Waals surface area contributed by atoms with Gasteiger partial charge in [-0.3, -0.25) is 9.69 Å². The molecule has 1 aliphatic heterocycles. The molecule has 1 aromatic heterocycles. The third kappa shape index (κ3) is 4.51. The zero-order chi connectivity index (χ0) is 20.2. The highest BCUT2D eigenvalue weighted by Crippen LogP contribution is 2.25. The van der Waals surface area contributed by atoms with Gasteiger partial charge in [-0.1, -0.05) is 30.4 Å². The fourth-order valence-corrected chi connectivity index (χ4v) is 4.14. The number of primary amides is 1. The largest absolute Gasteiger partial charge is 0.508 e. The van der Waals surface area contributed by atoms with Crippen molar-refractivity contribution in [3.63, 3.8) is 0 Å². The number of nitrogens with zero attached hydrogens (tertiary/aromatic N) is 1. The van der Waals surface area contributed by atoms with Crippen LogP contribution in [0.1, 0.15) is 40.2 Å². The fraction of sp³-hybridized carbons (Fsp3) is 0.292. The van der Waals surface area contributed by atoms with E-state index in [0.29, 0.717) is 17.2 Å². The first-order chi connectivity index (χ1) is 14.1. The number of rotatable bonds is 7. The Hall–Kier alpha value is -3.05. The summed E-state index contributed by atoms with van der Waals surface area (Å²) in [5, 5.41) is 10.9. The minimum Gasteiger partial charge on any atom is -0.508 e. The summed E-state index contributed by atoms with van der Waals surface area (Å²) in [7, 11) is 0. The molecule has 1 aliphatic rings. The van der Waals surface area contributed by atoms with Crippen LogP contribution in [0.25, 0.3) is 10.9 Å². The monoisotopic (exact) mass is 389 g/mol. The molecule has 150 valence electrons. The molecule has 0 bridgehead atoms. The topological polar surface area (TPSA) is 82.3 Å². The molecule has 29 heavy (non-hydrogen) atoms. The van der Waals surface area contributed by atoms with E-state index in [1.165, 1.54) is 16.5 Å². The highest BCUT2D eigenvalue weighted by atomic mass is 16.3. The number of benzene rings is 2. The number of aromatic hydroxyl groups is 1. The smallest absolute Gasteiger partial charge is 0.248 e. The number of aromatic nitrogens is 1. The van der Waals surface area contributed by atoms with E-state index >= 15 is 0 Å². The third-order valence-corrected chi connectivity index (χ3v) is 5.71. The molecule has 0 aliphatic carbocycles. The van der Waals surface area contributed by atoms with Crippen LogP contribution in [0.5, 0.6) is 5.75 Å². The van der Waals surface area contributed by atoms with E-state index in [9.17, 15) is 9.90 Å².